The van der Waals surface area contributed by atoms with Crippen molar-refractivity contribution in [2.45, 2.75) is 19.9 Å². The Morgan fingerprint density at radius 1 is 1.04 bits per heavy atom. The Morgan fingerprint density at radius 2 is 1.62 bits per heavy atom. The van der Waals surface area contributed by atoms with Crippen LogP contribution in [0.15, 0.2) is 48.5 Å². The van der Waals surface area contributed by atoms with Crippen LogP contribution >= 0.6 is 12.4 Å². The highest BCUT2D eigenvalue weighted by atomic mass is 35.5. The van der Waals surface area contributed by atoms with Crippen LogP contribution < -0.4 is 11.1 Å². The molecule has 0 aliphatic carbocycles. The summed E-state index contributed by atoms with van der Waals surface area (Å²) in [6, 6.07) is 13.0. The van der Waals surface area contributed by atoms with E-state index >= 15 is 0 Å². The summed E-state index contributed by atoms with van der Waals surface area (Å²) < 4.78 is 12.9. The van der Waals surface area contributed by atoms with Gasteiger partial charge in [0.15, 0.2) is 0 Å². The van der Waals surface area contributed by atoms with Crippen molar-refractivity contribution in [2.75, 3.05) is 18.8 Å². The second-order valence-corrected chi connectivity index (χ2v) is 5.73. The minimum Gasteiger partial charge on any atom is -0.399 e. The fraction of sp³-hybridized carbons (Fsp3) is 0.263. The predicted octanol–water partition coefficient (Wildman–Crippen LogP) is 2.54. The molecule has 2 aromatic rings. The van der Waals surface area contributed by atoms with Crippen molar-refractivity contribution in [3.05, 3.63) is 65.5 Å². The van der Waals surface area contributed by atoms with Gasteiger partial charge in [0.2, 0.25) is 11.8 Å². The van der Waals surface area contributed by atoms with Crippen LogP contribution in [0.25, 0.3) is 0 Å². The van der Waals surface area contributed by atoms with Gasteiger partial charge in [-0.25, -0.2) is 4.39 Å². The van der Waals surface area contributed by atoms with E-state index in [2.05, 4.69) is 5.32 Å². The van der Waals surface area contributed by atoms with E-state index < -0.39 is 0 Å². The van der Waals surface area contributed by atoms with Gasteiger partial charge in [0, 0.05) is 18.8 Å². The molecule has 5 nitrogen and oxygen atoms in total. The minimum atomic E-state index is -0.319. The number of halogens is 2. The summed E-state index contributed by atoms with van der Waals surface area (Å²) in [5.74, 6) is -0.693. The largest absolute Gasteiger partial charge is 0.399 e. The molecule has 0 aromatic heterocycles. The zero-order valence-electron chi connectivity index (χ0n) is 14.6. The van der Waals surface area contributed by atoms with Gasteiger partial charge < -0.3 is 16.0 Å². The number of nitrogens with two attached hydrogens (primary N) is 1. The molecule has 3 N–H and O–H groups in total. The topological polar surface area (TPSA) is 75.4 Å². The molecule has 7 heteroatoms. The van der Waals surface area contributed by atoms with E-state index in [1.54, 1.807) is 36.4 Å². The molecule has 0 spiro atoms. The Morgan fingerprint density at radius 3 is 2.19 bits per heavy atom. The van der Waals surface area contributed by atoms with E-state index in [1.807, 2.05) is 6.92 Å². The van der Waals surface area contributed by atoms with Gasteiger partial charge >= 0.3 is 0 Å². The number of nitrogen functional groups attached to an aromatic ring is 1. The van der Waals surface area contributed by atoms with Crippen molar-refractivity contribution >= 4 is 29.9 Å². The van der Waals surface area contributed by atoms with Crippen molar-refractivity contribution in [3.63, 3.8) is 0 Å². The molecule has 0 aliphatic heterocycles. The number of hydrogen-bond acceptors (Lipinski definition) is 3. The first-order valence-electron chi connectivity index (χ1n) is 8.11. The van der Waals surface area contributed by atoms with Crippen LogP contribution in [0.5, 0.6) is 0 Å². The van der Waals surface area contributed by atoms with Crippen LogP contribution in [0, 0.1) is 5.82 Å². The number of rotatable bonds is 7. The molecule has 0 aliphatic rings. The maximum absolute atomic E-state index is 12.9. The number of likely N-dealkylation sites (N-methyl/N-ethyl adjacent to an activating group) is 1. The number of benzene rings is 2. The number of carbonyl (C=O) groups excluding carboxylic acids is 2. The smallest absolute Gasteiger partial charge is 0.239 e. The lowest BCUT2D eigenvalue weighted by atomic mass is 10.1. The minimum absolute atomic E-state index is 0. The van der Waals surface area contributed by atoms with E-state index in [9.17, 15) is 14.0 Å². The fourth-order valence-corrected chi connectivity index (χ4v) is 2.33. The molecule has 0 saturated heterocycles. The van der Waals surface area contributed by atoms with Crippen LogP contribution in [-0.2, 0) is 22.6 Å². The van der Waals surface area contributed by atoms with Crippen molar-refractivity contribution < 1.29 is 14.0 Å². The number of carbonyl (C=O) groups is 2. The summed E-state index contributed by atoms with van der Waals surface area (Å²) in [6.45, 7) is 2.56. The van der Waals surface area contributed by atoms with Gasteiger partial charge in [-0.2, -0.15) is 0 Å². The number of amides is 2. The third-order valence-electron chi connectivity index (χ3n) is 3.81. The highest BCUT2D eigenvalue weighted by molar-refractivity contribution is 5.86. The molecule has 0 heterocycles. The lowest BCUT2D eigenvalue weighted by Gasteiger charge is -2.20. The fourth-order valence-electron chi connectivity index (χ4n) is 2.33. The summed E-state index contributed by atoms with van der Waals surface area (Å²) in [6.07, 6.45) is 0.222. The Labute approximate surface area is 158 Å². The number of nitrogens with zero attached hydrogens (tertiary/aromatic N) is 1. The molecule has 2 aromatic carbocycles. The summed E-state index contributed by atoms with van der Waals surface area (Å²) in [7, 11) is 0. The van der Waals surface area contributed by atoms with Crippen molar-refractivity contribution in [1.82, 2.24) is 10.2 Å². The van der Waals surface area contributed by atoms with Crippen LogP contribution in [0.1, 0.15) is 18.1 Å². The van der Waals surface area contributed by atoms with Crippen LogP contribution in [-0.4, -0.2) is 29.8 Å². The highest BCUT2D eigenvalue weighted by Crippen LogP contribution is 2.08. The van der Waals surface area contributed by atoms with Crippen LogP contribution in [0.2, 0.25) is 0 Å². The van der Waals surface area contributed by atoms with Crippen LogP contribution in [0.4, 0.5) is 10.1 Å². The first kappa shape index (κ1) is 21.4. The average molecular weight is 380 g/mol. The van der Waals surface area contributed by atoms with E-state index in [1.165, 1.54) is 17.0 Å². The van der Waals surface area contributed by atoms with Gasteiger partial charge in [0.1, 0.15) is 5.82 Å². The summed E-state index contributed by atoms with van der Waals surface area (Å²) in [5.41, 5.74) is 7.92. The van der Waals surface area contributed by atoms with Crippen molar-refractivity contribution in [3.8, 4) is 0 Å². The van der Waals surface area contributed by atoms with E-state index in [0.717, 1.165) is 11.1 Å². The van der Waals surface area contributed by atoms with E-state index in [-0.39, 0.29) is 43.0 Å². The number of nitrogens with one attached hydrogen (secondary N) is 1. The molecule has 2 amide bonds. The highest BCUT2D eigenvalue weighted by Gasteiger charge is 2.15. The zero-order valence-corrected chi connectivity index (χ0v) is 15.4. The standard InChI is InChI=1S/C19H22FN3O2.ClH/c1-2-23(19(25)11-14-5-9-17(21)10-6-14)13-18(24)22-12-15-3-7-16(20)8-4-15;/h3-10H,2,11-13,21H2,1H3,(H,22,24);1H. The summed E-state index contributed by atoms with van der Waals surface area (Å²) in [5, 5.41) is 2.74. The van der Waals surface area contributed by atoms with Gasteiger partial charge in [-0.3, -0.25) is 9.59 Å². The maximum Gasteiger partial charge on any atom is 0.239 e. The first-order chi connectivity index (χ1) is 12.0. The van der Waals surface area contributed by atoms with Gasteiger partial charge in [-0.1, -0.05) is 24.3 Å². The van der Waals surface area contributed by atoms with Gasteiger partial charge in [0.05, 0.1) is 13.0 Å². The van der Waals surface area contributed by atoms with Crippen LogP contribution in [0.3, 0.4) is 0 Å². The SMILES string of the molecule is CCN(CC(=O)NCc1ccc(F)cc1)C(=O)Cc1ccc(N)cc1.Cl. The second-order valence-electron chi connectivity index (χ2n) is 5.73. The predicted molar refractivity (Wildman–Crippen MR) is 102 cm³/mol. The first-order valence-corrected chi connectivity index (χ1v) is 8.11. The quantitative estimate of drug-likeness (QED) is 0.726. The number of anilines is 1. The monoisotopic (exact) mass is 379 g/mol. The molecule has 0 unspecified atom stereocenters. The number of hydrogen-bond donors (Lipinski definition) is 2. The lowest BCUT2D eigenvalue weighted by molar-refractivity contribution is -0.135. The molecule has 0 atom stereocenters. The molecule has 0 radical (unpaired) electrons. The second kappa shape index (κ2) is 10.4. The summed E-state index contributed by atoms with van der Waals surface area (Å²) >= 11 is 0. The van der Waals surface area contributed by atoms with Gasteiger partial charge in [-0.15, -0.1) is 12.4 Å². The molecule has 2 rings (SSSR count). The van der Waals surface area contributed by atoms with Gasteiger partial charge in [-0.05, 0) is 42.3 Å². The Bertz CT molecular complexity index is 721. The molecule has 0 fully saturated rings. The van der Waals surface area contributed by atoms with E-state index in [0.29, 0.717) is 18.8 Å². The molecular weight excluding hydrogens is 357 g/mol. The third-order valence-corrected chi connectivity index (χ3v) is 3.81. The maximum atomic E-state index is 12.9. The van der Waals surface area contributed by atoms with Crippen molar-refractivity contribution in [2.24, 2.45) is 0 Å². The van der Waals surface area contributed by atoms with E-state index in [4.69, 9.17) is 5.73 Å². The Kier molecular flexibility index (Phi) is 8.58. The third kappa shape index (κ3) is 6.72. The Hall–Kier alpha value is -2.60. The molecule has 26 heavy (non-hydrogen) atoms. The molecule has 140 valence electrons. The Balaban J connectivity index is 0.00000338. The summed E-state index contributed by atoms with van der Waals surface area (Å²) in [4.78, 5) is 25.9. The van der Waals surface area contributed by atoms with Gasteiger partial charge in [0.25, 0.3) is 0 Å². The molecular formula is C19H23ClFN3O2. The average Bonchev–Trinajstić information content (AvgIpc) is 2.61. The molecule has 0 saturated carbocycles. The van der Waals surface area contributed by atoms with Crippen molar-refractivity contribution in [1.29, 1.82) is 0 Å². The zero-order chi connectivity index (χ0) is 18.2. The normalized spacial score (nSPS) is 9.92. The lowest BCUT2D eigenvalue weighted by Crippen LogP contribution is -2.41. The molecule has 0 bridgehead atoms.